The first-order chi connectivity index (χ1) is 7.17. The quantitative estimate of drug-likeness (QED) is 0.621. The molecule has 1 aromatic rings. The van der Waals surface area contributed by atoms with Gasteiger partial charge in [0.25, 0.3) is 0 Å². The number of pyridine rings is 1. The van der Waals surface area contributed by atoms with Crippen molar-refractivity contribution in [2.75, 3.05) is 26.1 Å². The van der Waals surface area contributed by atoms with E-state index in [2.05, 4.69) is 10.3 Å². The summed E-state index contributed by atoms with van der Waals surface area (Å²) in [5, 5.41) is 3.66. The fourth-order valence-corrected chi connectivity index (χ4v) is 1.36. The monoisotopic (exact) mass is 230 g/mol. The van der Waals surface area contributed by atoms with Crippen LogP contribution < -0.4 is 5.32 Å². The fourth-order valence-electron chi connectivity index (χ4n) is 1.17. The molecule has 15 heavy (non-hydrogen) atoms. The third kappa shape index (κ3) is 3.66. The Kier molecular flexibility index (Phi) is 4.81. The van der Waals surface area contributed by atoms with Crippen LogP contribution in [0.25, 0.3) is 0 Å². The van der Waals surface area contributed by atoms with Gasteiger partial charge in [0, 0.05) is 14.2 Å². The van der Waals surface area contributed by atoms with Gasteiger partial charge in [-0.2, -0.15) is 0 Å². The molecule has 0 aliphatic rings. The van der Waals surface area contributed by atoms with E-state index < -0.39 is 0 Å². The smallest absolute Gasteiger partial charge is 0.173 e. The van der Waals surface area contributed by atoms with E-state index in [1.807, 2.05) is 13.0 Å². The first-order valence-electron chi connectivity index (χ1n) is 4.60. The molecule has 0 fully saturated rings. The Bertz CT molecular complexity index is 316. The summed E-state index contributed by atoms with van der Waals surface area (Å²) in [5.41, 5.74) is 1.78. The number of hydrogen-bond donors (Lipinski definition) is 1. The van der Waals surface area contributed by atoms with Gasteiger partial charge in [-0.25, -0.2) is 4.98 Å². The van der Waals surface area contributed by atoms with Crippen LogP contribution >= 0.6 is 11.6 Å². The van der Waals surface area contributed by atoms with E-state index in [9.17, 15) is 0 Å². The second-order valence-electron chi connectivity index (χ2n) is 3.05. The highest BCUT2D eigenvalue weighted by Gasteiger charge is 2.06. The van der Waals surface area contributed by atoms with Gasteiger partial charge in [0.15, 0.2) is 6.29 Å². The molecule has 0 aromatic carbocycles. The predicted molar refractivity (Wildman–Crippen MR) is 60.3 cm³/mol. The van der Waals surface area contributed by atoms with Crippen LogP contribution in [0.4, 0.5) is 5.69 Å². The molecule has 1 N–H and O–H groups in total. The number of anilines is 1. The average Bonchev–Trinajstić information content (AvgIpc) is 2.22. The van der Waals surface area contributed by atoms with Crippen molar-refractivity contribution in [2.45, 2.75) is 13.2 Å². The Morgan fingerprint density at radius 2 is 2.07 bits per heavy atom. The van der Waals surface area contributed by atoms with Crippen molar-refractivity contribution in [3.8, 4) is 0 Å². The maximum absolute atomic E-state index is 5.75. The normalized spacial score (nSPS) is 10.7. The van der Waals surface area contributed by atoms with E-state index in [1.54, 1.807) is 20.3 Å². The van der Waals surface area contributed by atoms with Crippen molar-refractivity contribution in [3.05, 3.63) is 23.0 Å². The van der Waals surface area contributed by atoms with Gasteiger partial charge in [0.2, 0.25) is 0 Å². The number of aryl methyl sites for hydroxylation is 1. The Labute approximate surface area is 94.6 Å². The molecule has 0 aliphatic carbocycles. The van der Waals surface area contributed by atoms with Crippen LogP contribution in [-0.4, -0.2) is 32.0 Å². The minimum Gasteiger partial charge on any atom is -0.378 e. The van der Waals surface area contributed by atoms with Crippen LogP contribution in [0.15, 0.2) is 12.1 Å². The number of ether oxygens (including phenoxy) is 2. The van der Waals surface area contributed by atoms with Gasteiger partial charge in [-0.3, -0.25) is 0 Å². The molecule has 0 unspecified atom stereocenters. The Hall–Kier alpha value is -0.840. The van der Waals surface area contributed by atoms with Gasteiger partial charge >= 0.3 is 0 Å². The standard InChI is InChI=1S/C10H15ClN2O2/c1-7-8(4-5-9(11)13-7)12-6-10(14-2)15-3/h4-5,10,12H,6H2,1-3H3. The zero-order valence-electron chi connectivity index (χ0n) is 9.08. The molecule has 1 rings (SSSR count). The highest BCUT2D eigenvalue weighted by atomic mass is 35.5. The average molecular weight is 231 g/mol. The highest BCUT2D eigenvalue weighted by Crippen LogP contribution is 2.15. The molecule has 0 saturated heterocycles. The van der Waals surface area contributed by atoms with Gasteiger partial charge in [0.05, 0.1) is 17.9 Å². The van der Waals surface area contributed by atoms with Crippen molar-refractivity contribution in [2.24, 2.45) is 0 Å². The minimum atomic E-state index is -0.264. The lowest BCUT2D eigenvalue weighted by Gasteiger charge is -2.15. The summed E-state index contributed by atoms with van der Waals surface area (Å²) in [7, 11) is 3.20. The highest BCUT2D eigenvalue weighted by molar-refractivity contribution is 6.29. The number of aromatic nitrogens is 1. The summed E-state index contributed by atoms with van der Waals surface area (Å²) in [6, 6.07) is 3.62. The second kappa shape index (κ2) is 5.90. The van der Waals surface area contributed by atoms with Gasteiger partial charge in [0.1, 0.15) is 5.15 Å². The van der Waals surface area contributed by atoms with Crippen LogP contribution in [0, 0.1) is 6.92 Å². The second-order valence-corrected chi connectivity index (χ2v) is 3.44. The first-order valence-corrected chi connectivity index (χ1v) is 4.97. The Morgan fingerprint density at radius 3 is 2.60 bits per heavy atom. The van der Waals surface area contributed by atoms with Crippen molar-refractivity contribution in [1.82, 2.24) is 4.98 Å². The molecule has 1 aromatic heterocycles. The molecule has 0 saturated carbocycles. The number of methoxy groups -OCH3 is 2. The summed E-state index contributed by atoms with van der Waals surface area (Å²) < 4.78 is 10.1. The van der Waals surface area contributed by atoms with E-state index in [0.717, 1.165) is 11.4 Å². The topological polar surface area (TPSA) is 43.4 Å². The number of halogens is 1. The number of nitrogens with one attached hydrogen (secondary N) is 1. The fraction of sp³-hybridized carbons (Fsp3) is 0.500. The molecule has 1 heterocycles. The summed E-state index contributed by atoms with van der Waals surface area (Å²) in [6.07, 6.45) is -0.264. The van der Waals surface area contributed by atoms with Crippen LogP contribution in [0.3, 0.4) is 0 Å². The largest absolute Gasteiger partial charge is 0.378 e. The Balaban J connectivity index is 2.57. The van der Waals surface area contributed by atoms with Crippen molar-refractivity contribution in [3.63, 3.8) is 0 Å². The lowest BCUT2D eigenvalue weighted by Crippen LogP contribution is -2.24. The van der Waals surface area contributed by atoms with Crippen LogP contribution in [-0.2, 0) is 9.47 Å². The predicted octanol–water partition coefficient (Wildman–Crippen LogP) is 2.07. The van der Waals surface area contributed by atoms with Gasteiger partial charge in [-0.1, -0.05) is 11.6 Å². The van der Waals surface area contributed by atoms with E-state index in [4.69, 9.17) is 21.1 Å². The molecule has 0 amide bonds. The molecule has 84 valence electrons. The minimum absolute atomic E-state index is 0.264. The number of hydrogen-bond acceptors (Lipinski definition) is 4. The maximum Gasteiger partial charge on any atom is 0.173 e. The molecule has 0 atom stereocenters. The molecular formula is C10H15ClN2O2. The molecule has 4 nitrogen and oxygen atoms in total. The van der Waals surface area contributed by atoms with Gasteiger partial charge in [-0.05, 0) is 19.1 Å². The summed E-state index contributed by atoms with van der Waals surface area (Å²) in [5.74, 6) is 0. The molecule has 0 radical (unpaired) electrons. The molecular weight excluding hydrogens is 216 g/mol. The number of rotatable bonds is 5. The third-order valence-electron chi connectivity index (χ3n) is 2.04. The lowest BCUT2D eigenvalue weighted by molar-refractivity contribution is -0.0914. The maximum atomic E-state index is 5.75. The van der Waals surface area contributed by atoms with Gasteiger partial charge in [-0.15, -0.1) is 0 Å². The van der Waals surface area contributed by atoms with Crippen molar-refractivity contribution < 1.29 is 9.47 Å². The zero-order chi connectivity index (χ0) is 11.3. The van der Waals surface area contributed by atoms with Crippen LogP contribution in [0.1, 0.15) is 5.69 Å². The molecule has 0 bridgehead atoms. The number of nitrogens with zero attached hydrogens (tertiary/aromatic N) is 1. The van der Waals surface area contributed by atoms with E-state index >= 15 is 0 Å². The summed E-state index contributed by atoms with van der Waals surface area (Å²) in [4.78, 5) is 4.12. The van der Waals surface area contributed by atoms with Crippen molar-refractivity contribution in [1.29, 1.82) is 0 Å². The molecule has 5 heteroatoms. The van der Waals surface area contributed by atoms with E-state index in [0.29, 0.717) is 11.7 Å². The lowest BCUT2D eigenvalue weighted by atomic mass is 10.3. The SMILES string of the molecule is COC(CNc1ccc(Cl)nc1C)OC. The molecule has 0 aliphatic heterocycles. The third-order valence-corrected chi connectivity index (χ3v) is 2.25. The molecule has 0 spiro atoms. The van der Waals surface area contributed by atoms with E-state index in [1.165, 1.54) is 0 Å². The van der Waals surface area contributed by atoms with Gasteiger partial charge < -0.3 is 14.8 Å². The zero-order valence-corrected chi connectivity index (χ0v) is 9.84. The summed E-state index contributed by atoms with van der Waals surface area (Å²) >= 11 is 5.75. The first kappa shape index (κ1) is 12.2. The van der Waals surface area contributed by atoms with Crippen molar-refractivity contribution >= 4 is 17.3 Å². The van der Waals surface area contributed by atoms with Crippen LogP contribution in [0.5, 0.6) is 0 Å². The van der Waals surface area contributed by atoms with E-state index in [-0.39, 0.29) is 6.29 Å². The summed E-state index contributed by atoms with van der Waals surface area (Å²) in [6.45, 7) is 2.46. The Morgan fingerprint density at radius 1 is 1.40 bits per heavy atom. The van der Waals surface area contributed by atoms with Crippen LogP contribution in [0.2, 0.25) is 5.15 Å².